The van der Waals surface area contributed by atoms with Crippen LogP contribution in [0.1, 0.15) is 19.4 Å². The summed E-state index contributed by atoms with van der Waals surface area (Å²) in [7, 11) is 0. The molecule has 4 nitrogen and oxygen atoms in total. The fourth-order valence-corrected chi connectivity index (χ4v) is 1.92. The molecular weight excluding hydrogens is 288 g/mol. The zero-order valence-corrected chi connectivity index (χ0v) is 13.1. The van der Waals surface area contributed by atoms with Gasteiger partial charge in [-0.05, 0) is 42.7 Å². The number of ether oxygens (including phenoxy) is 2. The number of nitrogens with zero attached hydrogens (tertiary/aromatic N) is 1. The van der Waals surface area contributed by atoms with Crippen LogP contribution in [-0.4, -0.2) is 11.6 Å². The maximum atomic E-state index is 5.93. The third kappa shape index (κ3) is 4.26. The number of anilines is 1. The molecule has 0 spiro atoms. The highest BCUT2D eigenvalue weighted by atomic mass is 35.5. The standard InChI is InChI=1S/C16H19ClN2O2/c1-10(2)9-20-16-13(18)5-7-15(19-16)21-14-6-4-12(17)8-11(14)3/h4-8,10H,9,18H2,1-3H3. The van der Waals surface area contributed by atoms with Gasteiger partial charge in [-0.2, -0.15) is 4.98 Å². The number of halogens is 1. The summed E-state index contributed by atoms with van der Waals surface area (Å²) >= 11 is 5.93. The summed E-state index contributed by atoms with van der Waals surface area (Å²) < 4.78 is 11.3. The van der Waals surface area contributed by atoms with E-state index in [2.05, 4.69) is 18.8 Å². The van der Waals surface area contributed by atoms with Crippen molar-refractivity contribution in [1.29, 1.82) is 0 Å². The highest BCUT2D eigenvalue weighted by molar-refractivity contribution is 6.30. The van der Waals surface area contributed by atoms with Crippen molar-refractivity contribution >= 4 is 17.3 Å². The van der Waals surface area contributed by atoms with Crippen LogP contribution < -0.4 is 15.2 Å². The number of nitrogens with two attached hydrogens (primary N) is 1. The first-order chi connectivity index (χ1) is 9.95. The van der Waals surface area contributed by atoms with E-state index in [0.717, 1.165) is 5.56 Å². The Morgan fingerprint density at radius 2 is 2.00 bits per heavy atom. The van der Waals surface area contributed by atoms with Gasteiger partial charge >= 0.3 is 0 Å². The molecule has 0 radical (unpaired) electrons. The van der Waals surface area contributed by atoms with E-state index in [4.69, 9.17) is 26.8 Å². The van der Waals surface area contributed by atoms with Crippen molar-refractivity contribution in [2.75, 3.05) is 12.3 Å². The predicted molar refractivity (Wildman–Crippen MR) is 85.2 cm³/mol. The van der Waals surface area contributed by atoms with Gasteiger partial charge in [0.1, 0.15) is 5.75 Å². The second-order valence-corrected chi connectivity index (χ2v) is 5.70. The van der Waals surface area contributed by atoms with Crippen LogP contribution >= 0.6 is 11.6 Å². The lowest BCUT2D eigenvalue weighted by atomic mass is 10.2. The van der Waals surface area contributed by atoms with Crippen molar-refractivity contribution < 1.29 is 9.47 Å². The molecular formula is C16H19ClN2O2. The molecule has 0 aliphatic heterocycles. The fraction of sp³-hybridized carbons (Fsp3) is 0.312. The largest absolute Gasteiger partial charge is 0.476 e. The summed E-state index contributed by atoms with van der Waals surface area (Å²) in [5.41, 5.74) is 7.29. The number of benzene rings is 1. The third-order valence-electron chi connectivity index (χ3n) is 2.77. The van der Waals surface area contributed by atoms with Crippen molar-refractivity contribution in [2.45, 2.75) is 20.8 Å². The Morgan fingerprint density at radius 3 is 2.67 bits per heavy atom. The third-order valence-corrected chi connectivity index (χ3v) is 3.00. The highest BCUT2D eigenvalue weighted by Gasteiger charge is 2.08. The minimum absolute atomic E-state index is 0.396. The van der Waals surface area contributed by atoms with Gasteiger partial charge in [-0.15, -0.1) is 0 Å². The molecule has 5 heteroatoms. The summed E-state index contributed by atoms with van der Waals surface area (Å²) in [4.78, 5) is 4.30. The minimum atomic E-state index is 0.396. The van der Waals surface area contributed by atoms with Gasteiger partial charge in [-0.3, -0.25) is 0 Å². The SMILES string of the molecule is Cc1cc(Cl)ccc1Oc1ccc(N)c(OCC(C)C)n1. The van der Waals surface area contributed by atoms with Gasteiger partial charge in [0.05, 0.1) is 12.3 Å². The lowest BCUT2D eigenvalue weighted by molar-refractivity contribution is 0.260. The molecule has 21 heavy (non-hydrogen) atoms. The van der Waals surface area contributed by atoms with E-state index in [1.807, 2.05) is 19.1 Å². The normalized spacial score (nSPS) is 10.7. The molecule has 0 aliphatic carbocycles. The number of hydrogen-bond acceptors (Lipinski definition) is 4. The average molecular weight is 307 g/mol. The van der Waals surface area contributed by atoms with Crippen molar-refractivity contribution in [3.05, 3.63) is 40.9 Å². The maximum absolute atomic E-state index is 5.93. The molecule has 0 atom stereocenters. The first-order valence-electron chi connectivity index (χ1n) is 6.79. The van der Waals surface area contributed by atoms with Crippen LogP contribution in [0.5, 0.6) is 17.5 Å². The van der Waals surface area contributed by atoms with Gasteiger partial charge in [-0.1, -0.05) is 25.4 Å². The molecule has 2 aromatic rings. The number of pyridine rings is 1. The average Bonchev–Trinajstić information content (AvgIpc) is 2.42. The summed E-state index contributed by atoms with van der Waals surface area (Å²) in [6.45, 7) is 6.61. The summed E-state index contributed by atoms with van der Waals surface area (Å²) in [5, 5.41) is 0.672. The maximum Gasteiger partial charge on any atom is 0.240 e. The summed E-state index contributed by atoms with van der Waals surface area (Å²) in [6.07, 6.45) is 0. The van der Waals surface area contributed by atoms with E-state index in [1.165, 1.54) is 0 Å². The van der Waals surface area contributed by atoms with Gasteiger partial charge in [0.2, 0.25) is 11.8 Å². The monoisotopic (exact) mass is 306 g/mol. The molecule has 0 saturated heterocycles. The summed E-state index contributed by atoms with van der Waals surface area (Å²) in [5.74, 6) is 1.93. The second-order valence-electron chi connectivity index (χ2n) is 5.26. The Bertz CT molecular complexity index is 630. The second kappa shape index (κ2) is 6.68. The Balaban J connectivity index is 2.18. The molecule has 0 amide bonds. The van der Waals surface area contributed by atoms with Crippen molar-refractivity contribution in [1.82, 2.24) is 4.98 Å². The van der Waals surface area contributed by atoms with Gasteiger partial charge in [0, 0.05) is 11.1 Å². The molecule has 0 fully saturated rings. The first kappa shape index (κ1) is 15.4. The van der Waals surface area contributed by atoms with Crippen molar-refractivity contribution in [3.63, 3.8) is 0 Å². The quantitative estimate of drug-likeness (QED) is 0.886. The van der Waals surface area contributed by atoms with Crippen LogP contribution in [0.3, 0.4) is 0 Å². The van der Waals surface area contributed by atoms with E-state index in [1.54, 1.807) is 18.2 Å². The van der Waals surface area contributed by atoms with Crippen molar-refractivity contribution in [3.8, 4) is 17.5 Å². The van der Waals surface area contributed by atoms with E-state index >= 15 is 0 Å². The molecule has 1 aromatic heterocycles. The van der Waals surface area contributed by atoms with Crippen molar-refractivity contribution in [2.24, 2.45) is 5.92 Å². The van der Waals surface area contributed by atoms with Crippen LogP contribution in [0, 0.1) is 12.8 Å². The molecule has 0 saturated carbocycles. The van der Waals surface area contributed by atoms with E-state index < -0.39 is 0 Å². The molecule has 2 N–H and O–H groups in total. The zero-order chi connectivity index (χ0) is 15.4. The highest BCUT2D eigenvalue weighted by Crippen LogP contribution is 2.29. The lowest BCUT2D eigenvalue weighted by Crippen LogP contribution is -2.07. The molecule has 0 bridgehead atoms. The Hall–Kier alpha value is -1.94. The van der Waals surface area contributed by atoms with Crippen LogP contribution in [-0.2, 0) is 0 Å². The van der Waals surface area contributed by atoms with Crippen LogP contribution in [0.4, 0.5) is 5.69 Å². The number of aromatic nitrogens is 1. The molecule has 0 unspecified atom stereocenters. The topological polar surface area (TPSA) is 57.4 Å². The van der Waals surface area contributed by atoms with Gasteiger partial charge in [0.15, 0.2) is 0 Å². The van der Waals surface area contributed by atoms with Gasteiger partial charge in [0.25, 0.3) is 0 Å². The van der Waals surface area contributed by atoms with Gasteiger partial charge < -0.3 is 15.2 Å². The van der Waals surface area contributed by atoms with Crippen LogP contribution in [0.2, 0.25) is 5.02 Å². The minimum Gasteiger partial charge on any atom is -0.476 e. The lowest BCUT2D eigenvalue weighted by Gasteiger charge is -2.12. The van der Waals surface area contributed by atoms with E-state index in [9.17, 15) is 0 Å². The van der Waals surface area contributed by atoms with Crippen LogP contribution in [0.25, 0.3) is 0 Å². The Morgan fingerprint density at radius 1 is 1.24 bits per heavy atom. The number of aryl methyl sites for hydroxylation is 1. The zero-order valence-electron chi connectivity index (χ0n) is 12.4. The summed E-state index contributed by atoms with van der Waals surface area (Å²) in [6, 6.07) is 8.86. The first-order valence-corrected chi connectivity index (χ1v) is 7.17. The smallest absolute Gasteiger partial charge is 0.240 e. The molecule has 0 aliphatic rings. The number of hydrogen-bond donors (Lipinski definition) is 1. The Labute approximate surface area is 129 Å². The number of rotatable bonds is 5. The molecule has 2 rings (SSSR count). The molecule has 112 valence electrons. The molecule has 1 heterocycles. The number of nitrogen functional groups attached to an aromatic ring is 1. The van der Waals surface area contributed by atoms with Gasteiger partial charge in [-0.25, -0.2) is 0 Å². The van der Waals surface area contributed by atoms with E-state index in [-0.39, 0.29) is 0 Å². The van der Waals surface area contributed by atoms with Crippen LogP contribution in [0.15, 0.2) is 30.3 Å². The van der Waals surface area contributed by atoms with E-state index in [0.29, 0.717) is 40.7 Å². The predicted octanol–water partition coefficient (Wildman–Crippen LogP) is 4.45. The fourth-order valence-electron chi connectivity index (χ4n) is 1.69. The molecule has 1 aromatic carbocycles. The Kier molecular flexibility index (Phi) is 4.91.